The minimum absolute atomic E-state index is 0.00853. The lowest BCUT2D eigenvalue weighted by molar-refractivity contribution is -0.139. The number of unbranched alkanes of at least 4 members (excludes halogenated alkanes) is 1. The van der Waals surface area contributed by atoms with Gasteiger partial charge in [-0.3, -0.25) is 13.9 Å². The second-order valence-electron chi connectivity index (χ2n) is 9.13. The monoisotopic (exact) mass is 539 g/mol. The summed E-state index contributed by atoms with van der Waals surface area (Å²) in [5.74, 6) is -1.33. The van der Waals surface area contributed by atoms with Crippen molar-refractivity contribution in [3.8, 4) is 0 Å². The molecule has 3 aromatic carbocycles. The molecular formula is C29H34FN3O4S. The summed E-state index contributed by atoms with van der Waals surface area (Å²) in [5.41, 5.74) is 1.88. The van der Waals surface area contributed by atoms with Crippen molar-refractivity contribution < 1.29 is 22.4 Å². The molecule has 1 atom stereocenters. The summed E-state index contributed by atoms with van der Waals surface area (Å²) < 4.78 is 41.9. The molecule has 0 bridgehead atoms. The zero-order valence-corrected chi connectivity index (χ0v) is 22.7. The molecule has 0 spiro atoms. The van der Waals surface area contributed by atoms with Crippen LogP contribution >= 0.6 is 0 Å². The highest BCUT2D eigenvalue weighted by Crippen LogP contribution is 2.25. The van der Waals surface area contributed by atoms with Gasteiger partial charge in [-0.15, -0.1) is 0 Å². The molecule has 0 heterocycles. The molecule has 0 saturated carbocycles. The number of carbonyl (C=O) groups is 2. The van der Waals surface area contributed by atoms with Crippen LogP contribution in [0.4, 0.5) is 10.1 Å². The normalized spacial score (nSPS) is 12.0. The summed E-state index contributed by atoms with van der Waals surface area (Å²) in [6, 6.07) is 19.5. The molecule has 38 heavy (non-hydrogen) atoms. The van der Waals surface area contributed by atoms with Crippen molar-refractivity contribution >= 4 is 27.5 Å². The van der Waals surface area contributed by atoms with Gasteiger partial charge in [-0.05, 0) is 62.2 Å². The summed E-state index contributed by atoms with van der Waals surface area (Å²) in [6.07, 6.45) is 1.69. The van der Waals surface area contributed by atoms with Gasteiger partial charge in [0.25, 0.3) is 10.0 Å². The zero-order valence-electron chi connectivity index (χ0n) is 21.9. The minimum Gasteiger partial charge on any atom is -0.354 e. The Kier molecular flexibility index (Phi) is 10.0. The molecule has 3 aromatic rings. The van der Waals surface area contributed by atoms with Gasteiger partial charge in [0.1, 0.15) is 18.4 Å². The van der Waals surface area contributed by atoms with Gasteiger partial charge in [0.15, 0.2) is 0 Å². The van der Waals surface area contributed by atoms with E-state index in [1.807, 2.05) is 13.8 Å². The number of nitrogens with zero attached hydrogens (tertiary/aromatic N) is 2. The average molecular weight is 540 g/mol. The Morgan fingerprint density at radius 1 is 0.947 bits per heavy atom. The van der Waals surface area contributed by atoms with Crippen LogP contribution in [0.15, 0.2) is 83.8 Å². The van der Waals surface area contributed by atoms with E-state index >= 15 is 0 Å². The fourth-order valence-electron chi connectivity index (χ4n) is 3.86. The van der Waals surface area contributed by atoms with Crippen molar-refractivity contribution in [2.24, 2.45) is 0 Å². The predicted molar refractivity (Wildman–Crippen MR) is 146 cm³/mol. The molecule has 0 aromatic heterocycles. The topological polar surface area (TPSA) is 86.8 Å². The minimum atomic E-state index is -4.10. The van der Waals surface area contributed by atoms with Gasteiger partial charge < -0.3 is 10.2 Å². The van der Waals surface area contributed by atoms with Crippen molar-refractivity contribution in [3.63, 3.8) is 0 Å². The third-order valence-corrected chi connectivity index (χ3v) is 7.98. The lowest BCUT2D eigenvalue weighted by Crippen LogP contribution is -2.51. The second kappa shape index (κ2) is 13.2. The van der Waals surface area contributed by atoms with Crippen LogP contribution in [0.25, 0.3) is 0 Å². The summed E-state index contributed by atoms with van der Waals surface area (Å²) in [4.78, 5) is 28.1. The number of hydrogen-bond donors (Lipinski definition) is 1. The first-order valence-corrected chi connectivity index (χ1v) is 14.0. The number of aryl methyl sites for hydroxylation is 1. The van der Waals surface area contributed by atoms with Gasteiger partial charge in [-0.2, -0.15) is 0 Å². The van der Waals surface area contributed by atoms with E-state index < -0.39 is 34.3 Å². The van der Waals surface area contributed by atoms with Crippen molar-refractivity contribution in [2.45, 2.75) is 51.1 Å². The van der Waals surface area contributed by atoms with Crippen LogP contribution in [0.5, 0.6) is 0 Å². The van der Waals surface area contributed by atoms with E-state index in [4.69, 9.17) is 0 Å². The van der Waals surface area contributed by atoms with Gasteiger partial charge in [-0.1, -0.05) is 61.4 Å². The molecule has 0 fully saturated rings. The van der Waals surface area contributed by atoms with Crippen LogP contribution in [0.1, 0.15) is 37.8 Å². The number of carbonyl (C=O) groups excluding carboxylic acids is 2. The van der Waals surface area contributed by atoms with E-state index in [9.17, 15) is 22.4 Å². The molecular weight excluding hydrogens is 505 g/mol. The number of benzene rings is 3. The number of amides is 2. The van der Waals surface area contributed by atoms with Crippen molar-refractivity contribution in [3.05, 3.63) is 95.8 Å². The number of sulfonamides is 1. The first-order chi connectivity index (χ1) is 18.1. The number of hydrogen-bond acceptors (Lipinski definition) is 4. The van der Waals surface area contributed by atoms with Crippen LogP contribution in [0, 0.1) is 12.7 Å². The smallest absolute Gasteiger partial charge is 0.264 e. The summed E-state index contributed by atoms with van der Waals surface area (Å²) >= 11 is 0. The highest BCUT2D eigenvalue weighted by molar-refractivity contribution is 7.92. The molecule has 0 aliphatic carbocycles. The summed E-state index contributed by atoms with van der Waals surface area (Å²) in [7, 11) is -4.10. The molecule has 1 N–H and O–H groups in total. The molecule has 0 unspecified atom stereocenters. The fourth-order valence-corrected chi connectivity index (χ4v) is 5.30. The third-order valence-electron chi connectivity index (χ3n) is 6.20. The van der Waals surface area contributed by atoms with Crippen molar-refractivity contribution in [1.82, 2.24) is 10.2 Å². The zero-order chi connectivity index (χ0) is 27.7. The van der Waals surface area contributed by atoms with Crippen molar-refractivity contribution in [1.29, 1.82) is 0 Å². The highest BCUT2D eigenvalue weighted by atomic mass is 32.2. The maximum atomic E-state index is 13.8. The van der Waals surface area contributed by atoms with Gasteiger partial charge in [0.05, 0.1) is 10.6 Å². The van der Waals surface area contributed by atoms with Gasteiger partial charge in [0.2, 0.25) is 11.8 Å². The maximum Gasteiger partial charge on any atom is 0.264 e. The Labute approximate surface area is 224 Å². The van der Waals surface area contributed by atoms with Crippen molar-refractivity contribution in [2.75, 3.05) is 17.4 Å². The van der Waals surface area contributed by atoms with Gasteiger partial charge in [-0.25, -0.2) is 12.8 Å². The number of nitrogens with one attached hydrogen (secondary N) is 1. The van der Waals surface area contributed by atoms with Gasteiger partial charge >= 0.3 is 0 Å². The molecule has 0 aliphatic heterocycles. The predicted octanol–water partition coefficient (Wildman–Crippen LogP) is 4.66. The first-order valence-electron chi connectivity index (χ1n) is 12.6. The van der Waals surface area contributed by atoms with Gasteiger partial charge in [0, 0.05) is 13.1 Å². The van der Waals surface area contributed by atoms with Crippen LogP contribution in [0.2, 0.25) is 0 Å². The highest BCUT2D eigenvalue weighted by Gasteiger charge is 2.32. The Morgan fingerprint density at radius 3 is 2.18 bits per heavy atom. The van der Waals surface area contributed by atoms with Crippen LogP contribution in [0.3, 0.4) is 0 Å². The van der Waals surface area contributed by atoms with E-state index in [-0.39, 0.29) is 17.3 Å². The number of halogens is 1. The lowest BCUT2D eigenvalue weighted by Gasteiger charge is -2.32. The lowest BCUT2D eigenvalue weighted by atomic mass is 10.1. The largest absolute Gasteiger partial charge is 0.354 e. The number of rotatable bonds is 12. The van der Waals surface area contributed by atoms with E-state index in [1.165, 1.54) is 41.3 Å². The quantitative estimate of drug-likeness (QED) is 0.339. The molecule has 0 radical (unpaired) electrons. The van der Waals surface area contributed by atoms with E-state index in [2.05, 4.69) is 5.32 Å². The van der Waals surface area contributed by atoms with E-state index in [0.717, 1.165) is 22.7 Å². The summed E-state index contributed by atoms with van der Waals surface area (Å²) in [6.45, 7) is 5.45. The summed E-state index contributed by atoms with van der Waals surface area (Å²) in [5, 5.41) is 2.84. The van der Waals surface area contributed by atoms with Crippen LogP contribution < -0.4 is 9.62 Å². The fraction of sp³-hybridized carbons (Fsp3) is 0.310. The Morgan fingerprint density at radius 2 is 1.58 bits per heavy atom. The molecule has 3 rings (SSSR count). The molecule has 7 nitrogen and oxygen atoms in total. The third kappa shape index (κ3) is 7.41. The maximum absolute atomic E-state index is 13.8. The van der Waals surface area contributed by atoms with E-state index in [1.54, 1.807) is 49.4 Å². The average Bonchev–Trinajstić information content (AvgIpc) is 2.92. The standard InChI is InChI=1S/C29H34FN3O4S/c1-4-5-19-31-29(35)23(3)32(20-24-13-15-25(30)16-14-24)28(34)21-33(26-17-11-22(2)12-18-26)38(36,37)27-9-7-6-8-10-27/h6-18,23H,4-5,19-21H2,1-3H3,(H,31,35)/t23-/m0/s1. The Balaban J connectivity index is 1.97. The SMILES string of the molecule is CCCCNC(=O)[C@H](C)N(Cc1ccc(F)cc1)C(=O)CN(c1ccc(C)cc1)S(=O)(=O)c1ccccc1. The number of anilines is 1. The molecule has 0 saturated heterocycles. The first kappa shape index (κ1) is 28.8. The Bertz CT molecular complexity index is 1310. The molecule has 202 valence electrons. The van der Waals surface area contributed by atoms with Crippen LogP contribution in [-0.4, -0.2) is 44.3 Å². The van der Waals surface area contributed by atoms with Crippen LogP contribution in [-0.2, 0) is 26.2 Å². The molecule has 2 amide bonds. The Hall–Kier alpha value is -3.72. The second-order valence-corrected chi connectivity index (χ2v) is 11.0. The van der Waals surface area contributed by atoms with E-state index in [0.29, 0.717) is 17.8 Å². The molecule has 9 heteroatoms. The molecule has 0 aliphatic rings.